The van der Waals surface area contributed by atoms with Crippen molar-refractivity contribution < 1.29 is 0 Å². The highest BCUT2D eigenvalue weighted by Crippen LogP contribution is 2.02. The van der Waals surface area contributed by atoms with Crippen LogP contribution >= 0.6 is 0 Å². The highest BCUT2D eigenvalue weighted by atomic mass is 15.2. The van der Waals surface area contributed by atoms with E-state index in [1.54, 1.807) is 0 Å². The summed E-state index contributed by atoms with van der Waals surface area (Å²) in [5.41, 5.74) is 23.3. The molecule has 8 N–H and O–H groups in total. The minimum absolute atomic E-state index is 0.720. The Balaban J connectivity index is 2.67. The molecule has 0 radical (unpaired) electrons. The molecule has 156 valence electrons. The highest BCUT2D eigenvalue weighted by Gasteiger charge is 2.13. The summed E-state index contributed by atoms with van der Waals surface area (Å²) < 4.78 is 0. The van der Waals surface area contributed by atoms with E-state index in [9.17, 15) is 0 Å². The Labute approximate surface area is 160 Å². The van der Waals surface area contributed by atoms with Crippen LogP contribution in [0.2, 0.25) is 0 Å². The Morgan fingerprint density at radius 3 is 0.808 bits per heavy atom. The zero-order chi connectivity index (χ0) is 19.0. The minimum Gasteiger partial charge on any atom is -0.329 e. The molecule has 1 rings (SSSR count). The predicted molar refractivity (Wildman–Crippen MR) is 111 cm³/mol. The molecular formula is C18H44N8. The van der Waals surface area contributed by atoms with Crippen molar-refractivity contribution in [3.63, 3.8) is 0 Å². The number of hydrogen-bond acceptors (Lipinski definition) is 8. The fourth-order valence-corrected chi connectivity index (χ4v) is 3.67. The molecule has 8 nitrogen and oxygen atoms in total. The van der Waals surface area contributed by atoms with Gasteiger partial charge in [-0.3, -0.25) is 0 Å². The van der Waals surface area contributed by atoms with Gasteiger partial charge in [0.05, 0.1) is 0 Å². The summed E-state index contributed by atoms with van der Waals surface area (Å²) in [5.74, 6) is 0. The smallest absolute Gasteiger partial charge is 0.0110 e. The van der Waals surface area contributed by atoms with Crippen LogP contribution in [0.1, 0.15) is 12.8 Å². The SMILES string of the molecule is NCCN1CCCN(CCN)CCN(CCN)CCCN(CCN)CC1. The van der Waals surface area contributed by atoms with Gasteiger partial charge in [-0.15, -0.1) is 0 Å². The lowest BCUT2D eigenvalue weighted by atomic mass is 10.2. The van der Waals surface area contributed by atoms with Gasteiger partial charge in [-0.1, -0.05) is 0 Å². The molecule has 0 amide bonds. The Morgan fingerprint density at radius 1 is 0.385 bits per heavy atom. The quantitative estimate of drug-likeness (QED) is 0.380. The lowest BCUT2D eigenvalue weighted by Gasteiger charge is -2.31. The van der Waals surface area contributed by atoms with Gasteiger partial charge < -0.3 is 42.5 Å². The normalized spacial score (nSPS) is 21.7. The molecule has 0 unspecified atom stereocenters. The number of hydrogen-bond donors (Lipinski definition) is 4. The highest BCUT2D eigenvalue weighted by molar-refractivity contribution is 4.70. The monoisotopic (exact) mass is 372 g/mol. The summed E-state index contributed by atoms with van der Waals surface area (Å²) in [5, 5.41) is 0. The molecule has 0 atom stereocenters. The first-order chi connectivity index (χ1) is 12.7. The van der Waals surface area contributed by atoms with Gasteiger partial charge in [0.15, 0.2) is 0 Å². The van der Waals surface area contributed by atoms with Gasteiger partial charge in [0.2, 0.25) is 0 Å². The van der Waals surface area contributed by atoms with Crippen molar-refractivity contribution >= 4 is 0 Å². The summed E-state index contributed by atoms with van der Waals surface area (Å²) in [6.45, 7) is 15.4. The van der Waals surface area contributed by atoms with E-state index >= 15 is 0 Å². The zero-order valence-electron chi connectivity index (χ0n) is 16.8. The van der Waals surface area contributed by atoms with Gasteiger partial charge >= 0.3 is 0 Å². The summed E-state index contributed by atoms with van der Waals surface area (Å²) >= 11 is 0. The third-order valence-electron chi connectivity index (χ3n) is 5.14. The van der Waals surface area contributed by atoms with E-state index < -0.39 is 0 Å². The van der Waals surface area contributed by atoms with Crippen molar-refractivity contribution in [1.82, 2.24) is 19.6 Å². The second-order valence-corrected chi connectivity index (χ2v) is 7.23. The fourth-order valence-electron chi connectivity index (χ4n) is 3.67. The second-order valence-electron chi connectivity index (χ2n) is 7.23. The van der Waals surface area contributed by atoms with E-state index in [0.717, 1.165) is 118 Å². The molecular weight excluding hydrogens is 328 g/mol. The Kier molecular flexibility index (Phi) is 14.3. The zero-order valence-corrected chi connectivity index (χ0v) is 16.8. The van der Waals surface area contributed by atoms with Crippen LogP contribution in [0.25, 0.3) is 0 Å². The maximum Gasteiger partial charge on any atom is 0.0110 e. The van der Waals surface area contributed by atoms with Crippen molar-refractivity contribution in [2.75, 3.05) is 105 Å². The number of rotatable bonds is 8. The molecule has 0 aromatic rings. The second kappa shape index (κ2) is 15.7. The van der Waals surface area contributed by atoms with Gasteiger partial charge in [-0.2, -0.15) is 0 Å². The van der Waals surface area contributed by atoms with E-state index in [0.29, 0.717) is 0 Å². The minimum atomic E-state index is 0.720. The summed E-state index contributed by atoms with van der Waals surface area (Å²) in [7, 11) is 0. The Morgan fingerprint density at radius 2 is 0.615 bits per heavy atom. The molecule has 1 aliphatic heterocycles. The van der Waals surface area contributed by atoms with Crippen LogP contribution in [0.15, 0.2) is 0 Å². The third-order valence-corrected chi connectivity index (χ3v) is 5.14. The maximum atomic E-state index is 5.82. The molecule has 0 aliphatic carbocycles. The van der Waals surface area contributed by atoms with Crippen molar-refractivity contribution in [2.24, 2.45) is 22.9 Å². The van der Waals surface area contributed by atoms with E-state index in [1.807, 2.05) is 0 Å². The molecule has 1 aliphatic rings. The van der Waals surface area contributed by atoms with Gasteiger partial charge in [0.1, 0.15) is 0 Å². The molecule has 1 saturated heterocycles. The van der Waals surface area contributed by atoms with Crippen LogP contribution in [0.3, 0.4) is 0 Å². The van der Waals surface area contributed by atoms with E-state index in [4.69, 9.17) is 22.9 Å². The molecule has 0 aromatic carbocycles. The molecule has 0 spiro atoms. The van der Waals surface area contributed by atoms with E-state index in [2.05, 4.69) is 19.6 Å². The van der Waals surface area contributed by atoms with Crippen LogP contribution in [0, 0.1) is 0 Å². The average Bonchev–Trinajstić information content (AvgIpc) is 2.63. The number of nitrogens with two attached hydrogens (primary N) is 4. The van der Waals surface area contributed by atoms with Crippen molar-refractivity contribution in [3.8, 4) is 0 Å². The van der Waals surface area contributed by atoms with Crippen LogP contribution in [0.4, 0.5) is 0 Å². The first-order valence-corrected chi connectivity index (χ1v) is 10.4. The van der Waals surface area contributed by atoms with Gasteiger partial charge in [0.25, 0.3) is 0 Å². The summed E-state index contributed by atoms with van der Waals surface area (Å²) in [6, 6.07) is 0. The van der Waals surface area contributed by atoms with Crippen LogP contribution in [-0.4, -0.2) is 124 Å². The van der Waals surface area contributed by atoms with Gasteiger partial charge in [-0.05, 0) is 39.0 Å². The molecule has 8 heteroatoms. The predicted octanol–water partition coefficient (Wildman–Crippen LogP) is -2.18. The lowest BCUT2D eigenvalue weighted by molar-refractivity contribution is 0.163. The van der Waals surface area contributed by atoms with Gasteiger partial charge in [-0.25, -0.2) is 0 Å². The molecule has 1 heterocycles. The van der Waals surface area contributed by atoms with Crippen molar-refractivity contribution in [2.45, 2.75) is 12.8 Å². The summed E-state index contributed by atoms with van der Waals surface area (Å²) in [6.07, 6.45) is 2.32. The summed E-state index contributed by atoms with van der Waals surface area (Å²) in [4.78, 5) is 9.99. The molecule has 0 aromatic heterocycles. The first kappa shape index (κ1) is 23.7. The van der Waals surface area contributed by atoms with Crippen LogP contribution < -0.4 is 22.9 Å². The fraction of sp³-hybridized carbons (Fsp3) is 1.00. The van der Waals surface area contributed by atoms with Gasteiger partial charge in [0, 0.05) is 78.5 Å². The van der Waals surface area contributed by atoms with Crippen LogP contribution in [-0.2, 0) is 0 Å². The lowest BCUT2D eigenvalue weighted by Crippen LogP contribution is -2.44. The Hall–Kier alpha value is -0.320. The topological polar surface area (TPSA) is 117 Å². The van der Waals surface area contributed by atoms with E-state index in [1.165, 1.54) is 0 Å². The van der Waals surface area contributed by atoms with Crippen molar-refractivity contribution in [3.05, 3.63) is 0 Å². The maximum absolute atomic E-state index is 5.82. The molecule has 26 heavy (non-hydrogen) atoms. The van der Waals surface area contributed by atoms with Crippen molar-refractivity contribution in [1.29, 1.82) is 0 Å². The first-order valence-electron chi connectivity index (χ1n) is 10.4. The molecule has 1 fully saturated rings. The molecule has 0 saturated carbocycles. The number of nitrogens with zero attached hydrogens (tertiary/aromatic N) is 4. The standard InChI is InChI=1S/C18H44N8/c19-3-11-23-7-1-8-24(12-4-20)16-18-26(14-6-22)10-2-9-25(13-5-21)17-15-23/h1-22H2. The molecule has 0 bridgehead atoms. The van der Waals surface area contributed by atoms with Crippen LogP contribution in [0.5, 0.6) is 0 Å². The van der Waals surface area contributed by atoms with E-state index in [-0.39, 0.29) is 0 Å². The largest absolute Gasteiger partial charge is 0.329 e. The average molecular weight is 373 g/mol. The Bertz CT molecular complexity index is 260. The third kappa shape index (κ3) is 10.7.